The van der Waals surface area contributed by atoms with Gasteiger partial charge in [-0.3, -0.25) is 0 Å². The smallest absolute Gasteiger partial charge is 0.119 e. The average molecular weight is 232 g/mol. The summed E-state index contributed by atoms with van der Waals surface area (Å²) in [4.78, 5) is 0. The first-order chi connectivity index (χ1) is 7.88. The van der Waals surface area contributed by atoms with Crippen molar-refractivity contribution in [3.05, 3.63) is 52.2 Å². The average Bonchev–Trinajstić information content (AvgIpc) is 2.83. The minimum absolute atomic E-state index is 0.752. The number of hydrogen-bond acceptors (Lipinski definition) is 2. The maximum atomic E-state index is 5.68. The molecule has 84 valence electrons. The van der Waals surface area contributed by atoms with Gasteiger partial charge >= 0.3 is 0 Å². The Morgan fingerprint density at radius 3 is 2.50 bits per heavy atom. The van der Waals surface area contributed by atoms with Crippen molar-refractivity contribution < 1.29 is 4.74 Å². The first-order valence-electron chi connectivity index (χ1n) is 5.61. The lowest BCUT2D eigenvalue weighted by Gasteiger charge is -2.05. The van der Waals surface area contributed by atoms with Gasteiger partial charge < -0.3 is 4.74 Å². The van der Waals surface area contributed by atoms with Gasteiger partial charge in [-0.2, -0.15) is 11.3 Å². The Morgan fingerprint density at radius 2 is 1.88 bits per heavy atom. The summed E-state index contributed by atoms with van der Waals surface area (Å²) < 4.78 is 5.68. The van der Waals surface area contributed by atoms with Gasteiger partial charge in [-0.25, -0.2) is 0 Å². The second kappa shape index (κ2) is 5.71. The van der Waals surface area contributed by atoms with Crippen LogP contribution in [0.3, 0.4) is 0 Å². The SMILES string of the molecule is CCc1ccc(OCCc2ccsc2)cc1. The predicted molar refractivity (Wildman–Crippen MR) is 69.3 cm³/mol. The van der Waals surface area contributed by atoms with Crippen molar-refractivity contribution in [1.82, 2.24) is 0 Å². The van der Waals surface area contributed by atoms with Gasteiger partial charge in [0, 0.05) is 6.42 Å². The zero-order chi connectivity index (χ0) is 11.2. The zero-order valence-electron chi connectivity index (χ0n) is 9.48. The van der Waals surface area contributed by atoms with Crippen LogP contribution >= 0.6 is 11.3 Å². The van der Waals surface area contributed by atoms with Crippen molar-refractivity contribution >= 4 is 11.3 Å². The molecule has 0 aliphatic carbocycles. The summed E-state index contributed by atoms with van der Waals surface area (Å²) in [6, 6.07) is 10.5. The van der Waals surface area contributed by atoms with Gasteiger partial charge in [0.2, 0.25) is 0 Å². The van der Waals surface area contributed by atoms with E-state index in [1.54, 1.807) is 11.3 Å². The highest BCUT2D eigenvalue weighted by molar-refractivity contribution is 7.07. The zero-order valence-corrected chi connectivity index (χ0v) is 10.3. The highest BCUT2D eigenvalue weighted by Crippen LogP contribution is 2.13. The predicted octanol–water partition coefficient (Wildman–Crippen LogP) is 3.93. The molecule has 0 atom stereocenters. The molecule has 0 bridgehead atoms. The Balaban J connectivity index is 1.81. The van der Waals surface area contributed by atoms with Crippen LogP contribution in [0.5, 0.6) is 5.75 Å². The molecule has 1 aromatic carbocycles. The molecule has 16 heavy (non-hydrogen) atoms. The molecule has 1 nitrogen and oxygen atoms in total. The first-order valence-corrected chi connectivity index (χ1v) is 6.55. The number of rotatable bonds is 5. The molecule has 0 amide bonds. The monoisotopic (exact) mass is 232 g/mol. The summed E-state index contributed by atoms with van der Waals surface area (Å²) in [7, 11) is 0. The molecule has 0 aliphatic heterocycles. The van der Waals surface area contributed by atoms with E-state index in [9.17, 15) is 0 Å². The molecular weight excluding hydrogens is 216 g/mol. The molecular formula is C14H16OS. The third-order valence-electron chi connectivity index (χ3n) is 2.57. The Morgan fingerprint density at radius 1 is 1.06 bits per heavy atom. The van der Waals surface area contributed by atoms with Crippen molar-refractivity contribution in [3.8, 4) is 5.75 Å². The normalized spacial score (nSPS) is 10.3. The standard InChI is InChI=1S/C14H16OS/c1-2-12-3-5-14(6-4-12)15-9-7-13-8-10-16-11-13/h3-6,8,10-11H,2,7,9H2,1H3. The highest BCUT2D eigenvalue weighted by atomic mass is 32.1. The van der Waals surface area contributed by atoms with Crippen molar-refractivity contribution in [2.45, 2.75) is 19.8 Å². The van der Waals surface area contributed by atoms with Crippen LogP contribution in [0.2, 0.25) is 0 Å². The lowest BCUT2D eigenvalue weighted by atomic mass is 10.2. The van der Waals surface area contributed by atoms with Gasteiger partial charge in [-0.1, -0.05) is 19.1 Å². The Bertz CT molecular complexity index is 403. The van der Waals surface area contributed by atoms with E-state index in [4.69, 9.17) is 4.74 Å². The van der Waals surface area contributed by atoms with E-state index in [1.165, 1.54) is 11.1 Å². The molecule has 0 aliphatic rings. The molecule has 0 saturated heterocycles. The van der Waals surface area contributed by atoms with E-state index in [1.807, 2.05) is 12.1 Å². The second-order valence-corrected chi connectivity index (χ2v) is 4.51. The molecule has 0 spiro atoms. The summed E-state index contributed by atoms with van der Waals surface area (Å²) in [5.74, 6) is 0.965. The first kappa shape index (κ1) is 11.2. The van der Waals surface area contributed by atoms with Crippen molar-refractivity contribution in [2.24, 2.45) is 0 Å². The molecule has 1 aromatic heterocycles. The molecule has 0 saturated carbocycles. The highest BCUT2D eigenvalue weighted by Gasteiger charge is 1.96. The van der Waals surface area contributed by atoms with Crippen LogP contribution in [0.15, 0.2) is 41.1 Å². The van der Waals surface area contributed by atoms with E-state index in [-0.39, 0.29) is 0 Å². The van der Waals surface area contributed by atoms with E-state index < -0.39 is 0 Å². The summed E-state index contributed by atoms with van der Waals surface area (Å²) in [6.07, 6.45) is 2.06. The van der Waals surface area contributed by atoms with Gasteiger partial charge in [0.15, 0.2) is 0 Å². The molecule has 0 fully saturated rings. The third kappa shape index (κ3) is 3.11. The van der Waals surface area contributed by atoms with Crippen LogP contribution < -0.4 is 4.74 Å². The minimum atomic E-state index is 0.752. The van der Waals surface area contributed by atoms with Crippen molar-refractivity contribution in [3.63, 3.8) is 0 Å². The maximum Gasteiger partial charge on any atom is 0.119 e. The molecule has 2 heteroatoms. The van der Waals surface area contributed by atoms with Crippen LogP contribution in [0, 0.1) is 0 Å². The van der Waals surface area contributed by atoms with E-state index in [2.05, 4.69) is 35.9 Å². The third-order valence-corrected chi connectivity index (χ3v) is 3.30. The van der Waals surface area contributed by atoms with Gasteiger partial charge in [0.05, 0.1) is 6.61 Å². The van der Waals surface area contributed by atoms with Gasteiger partial charge in [-0.05, 0) is 46.5 Å². The molecule has 0 radical (unpaired) electrons. The van der Waals surface area contributed by atoms with Gasteiger partial charge in [0.25, 0.3) is 0 Å². The molecule has 2 aromatic rings. The summed E-state index contributed by atoms with van der Waals surface area (Å²) in [6.45, 7) is 2.91. The molecule has 0 N–H and O–H groups in total. The molecule has 0 unspecified atom stereocenters. The molecule has 1 heterocycles. The fourth-order valence-corrected chi connectivity index (χ4v) is 2.25. The van der Waals surface area contributed by atoms with Crippen LogP contribution in [-0.4, -0.2) is 6.61 Å². The summed E-state index contributed by atoms with van der Waals surface area (Å²) in [5, 5.41) is 4.27. The Hall–Kier alpha value is -1.28. The van der Waals surface area contributed by atoms with E-state index in [0.29, 0.717) is 0 Å². The van der Waals surface area contributed by atoms with Crippen LogP contribution in [0.25, 0.3) is 0 Å². The number of ether oxygens (including phenoxy) is 1. The fraction of sp³-hybridized carbons (Fsp3) is 0.286. The lowest BCUT2D eigenvalue weighted by Crippen LogP contribution is -2.00. The van der Waals surface area contributed by atoms with Crippen LogP contribution in [0.1, 0.15) is 18.1 Å². The van der Waals surface area contributed by atoms with Crippen LogP contribution in [0.4, 0.5) is 0 Å². The van der Waals surface area contributed by atoms with Crippen LogP contribution in [-0.2, 0) is 12.8 Å². The largest absolute Gasteiger partial charge is 0.493 e. The summed E-state index contributed by atoms with van der Waals surface area (Å²) >= 11 is 1.74. The Labute approximate surface area is 101 Å². The lowest BCUT2D eigenvalue weighted by molar-refractivity contribution is 0.322. The molecule has 2 rings (SSSR count). The number of thiophene rings is 1. The number of hydrogen-bond donors (Lipinski definition) is 0. The fourth-order valence-electron chi connectivity index (χ4n) is 1.54. The van der Waals surface area contributed by atoms with E-state index in [0.717, 1.165) is 25.2 Å². The number of benzene rings is 1. The number of aryl methyl sites for hydroxylation is 1. The van der Waals surface area contributed by atoms with Crippen molar-refractivity contribution in [2.75, 3.05) is 6.61 Å². The second-order valence-electron chi connectivity index (χ2n) is 3.73. The minimum Gasteiger partial charge on any atom is -0.493 e. The maximum absolute atomic E-state index is 5.68. The quantitative estimate of drug-likeness (QED) is 0.759. The van der Waals surface area contributed by atoms with Gasteiger partial charge in [-0.15, -0.1) is 0 Å². The van der Waals surface area contributed by atoms with E-state index >= 15 is 0 Å². The summed E-state index contributed by atoms with van der Waals surface area (Å²) in [5.41, 5.74) is 2.71. The van der Waals surface area contributed by atoms with Crippen molar-refractivity contribution in [1.29, 1.82) is 0 Å². The topological polar surface area (TPSA) is 9.23 Å². The Kier molecular flexibility index (Phi) is 4.00. The van der Waals surface area contributed by atoms with Gasteiger partial charge in [0.1, 0.15) is 5.75 Å².